The van der Waals surface area contributed by atoms with E-state index in [2.05, 4.69) is 0 Å². The van der Waals surface area contributed by atoms with Gasteiger partial charge in [-0.2, -0.15) is 0 Å². The van der Waals surface area contributed by atoms with Crippen LogP contribution in [-0.4, -0.2) is 49.9 Å². The Morgan fingerprint density at radius 1 is 1.62 bits per heavy atom. The summed E-state index contributed by atoms with van der Waals surface area (Å²) in [5, 5.41) is 12.5. The Hall–Kier alpha value is -0.650. The van der Waals surface area contributed by atoms with Gasteiger partial charge in [0.15, 0.2) is 4.75 Å². The van der Waals surface area contributed by atoms with E-state index in [9.17, 15) is 14.1 Å². The van der Waals surface area contributed by atoms with Gasteiger partial charge in [0.05, 0.1) is 22.9 Å². The van der Waals surface area contributed by atoms with Crippen molar-refractivity contribution in [3.8, 4) is 0 Å². The first-order chi connectivity index (χ1) is 10.0. The van der Waals surface area contributed by atoms with Crippen LogP contribution in [0, 0.1) is 5.92 Å². The number of hydrogen-bond acceptors (Lipinski definition) is 3. The summed E-state index contributed by atoms with van der Waals surface area (Å²) in [4.78, 5) is 14.1. The molecule has 1 saturated heterocycles. The minimum atomic E-state index is -1.48. The number of likely N-dealkylation sites (N-methyl/N-ethyl adjacent to an activating group) is 1. The monoisotopic (exact) mass is 329 g/mol. The number of carbonyl (C=O) groups is 1. The third-order valence-corrected chi connectivity index (χ3v) is 6.92. The van der Waals surface area contributed by atoms with Gasteiger partial charge in [-0.1, -0.05) is 12.2 Å². The second-order valence-corrected chi connectivity index (χ2v) is 7.89. The number of aliphatic hydroxyl groups excluding tert-OH is 1. The number of β-lactam (4-membered cyclic amide) rings is 1. The number of carbonyl (C=O) groups excluding carboxylic acids is 1. The fraction of sp³-hybridized carbons (Fsp3) is 0.667. The number of rotatable bonds is 4. The summed E-state index contributed by atoms with van der Waals surface area (Å²) in [7, 11) is 0.228. The fourth-order valence-electron chi connectivity index (χ4n) is 3.88. The molecular weight excluding hydrogens is 310 g/mol. The first-order valence-corrected chi connectivity index (χ1v) is 9.09. The highest BCUT2D eigenvalue weighted by molar-refractivity contribution is 7.90. The summed E-state index contributed by atoms with van der Waals surface area (Å²) in [6.07, 6.45) is 6.57. The van der Waals surface area contributed by atoms with Crippen molar-refractivity contribution >= 4 is 28.3 Å². The van der Waals surface area contributed by atoms with Crippen molar-refractivity contribution in [1.29, 1.82) is 0 Å². The SMILES string of the molecule is CN1C(=O)[C@@]2([C@@H](O)C3C=CCCC3)[C@@H]1C(CCCl)=CS2=O. The number of allylic oxidation sites excluding steroid dienone is 1. The Morgan fingerprint density at radius 2 is 2.38 bits per heavy atom. The van der Waals surface area contributed by atoms with Gasteiger partial charge in [-0.3, -0.25) is 9.00 Å². The average Bonchev–Trinajstić information content (AvgIpc) is 2.77. The molecule has 5 atom stereocenters. The second-order valence-electron chi connectivity index (χ2n) is 6.01. The van der Waals surface area contributed by atoms with E-state index in [0.29, 0.717) is 12.3 Å². The summed E-state index contributed by atoms with van der Waals surface area (Å²) in [5.74, 6) is 0.126. The summed E-state index contributed by atoms with van der Waals surface area (Å²) >= 11 is 5.81. The van der Waals surface area contributed by atoms with Gasteiger partial charge in [0.2, 0.25) is 5.91 Å². The molecule has 0 aromatic rings. The van der Waals surface area contributed by atoms with E-state index >= 15 is 0 Å². The summed E-state index contributed by atoms with van der Waals surface area (Å²) in [6.45, 7) is 0. The zero-order chi connectivity index (χ0) is 15.2. The molecule has 2 heterocycles. The Bertz CT molecular complexity index is 547. The maximum absolute atomic E-state index is 12.6. The number of nitrogens with zero attached hydrogens (tertiary/aromatic N) is 1. The third-order valence-electron chi connectivity index (χ3n) is 4.91. The van der Waals surface area contributed by atoms with E-state index in [1.54, 1.807) is 17.4 Å². The van der Waals surface area contributed by atoms with Gasteiger partial charge in [0.25, 0.3) is 0 Å². The van der Waals surface area contributed by atoms with Crippen molar-refractivity contribution in [2.24, 2.45) is 5.92 Å². The molecule has 6 heteroatoms. The molecule has 0 bridgehead atoms. The van der Waals surface area contributed by atoms with Gasteiger partial charge in [0.1, 0.15) is 0 Å². The van der Waals surface area contributed by atoms with Crippen LogP contribution >= 0.6 is 11.6 Å². The number of alkyl halides is 1. The van der Waals surface area contributed by atoms with Crippen LogP contribution in [0.2, 0.25) is 0 Å². The molecule has 1 amide bonds. The zero-order valence-corrected chi connectivity index (χ0v) is 13.6. The quantitative estimate of drug-likeness (QED) is 0.484. The molecule has 21 heavy (non-hydrogen) atoms. The van der Waals surface area contributed by atoms with E-state index in [4.69, 9.17) is 11.6 Å². The van der Waals surface area contributed by atoms with E-state index in [1.807, 2.05) is 12.2 Å². The predicted molar refractivity (Wildman–Crippen MR) is 83.3 cm³/mol. The normalized spacial score (nSPS) is 39.8. The van der Waals surface area contributed by atoms with Crippen LogP contribution in [0.25, 0.3) is 0 Å². The van der Waals surface area contributed by atoms with Crippen LogP contribution in [0.15, 0.2) is 23.1 Å². The summed E-state index contributed by atoms with van der Waals surface area (Å²) in [5.41, 5.74) is 0.921. The topological polar surface area (TPSA) is 57.6 Å². The highest BCUT2D eigenvalue weighted by atomic mass is 35.5. The van der Waals surface area contributed by atoms with Gasteiger partial charge in [-0.25, -0.2) is 0 Å². The molecule has 0 radical (unpaired) electrons. The molecular formula is C15H20ClNO3S. The molecule has 0 spiro atoms. The van der Waals surface area contributed by atoms with Crippen LogP contribution in [-0.2, 0) is 15.6 Å². The van der Waals surface area contributed by atoms with E-state index < -0.39 is 21.7 Å². The van der Waals surface area contributed by atoms with Crippen molar-refractivity contribution in [2.45, 2.75) is 42.6 Å². The zero-order valence-electron chi connectivity index (χ0n) is 12.0. The van der Waals surface area contributed by atoms with Gasteiger partial charge in [-0.05, 0) is 31.3 Å². The number of aliphatic hydroxyl groups is 1. The number of likely N-dealkylation sites (tertiary alicyclic amines) is 1. The van der Waals surface area contributed by atoms with E-state index in [-0.39, 0.29) is 17.9 Å². The van der Waals surface area contributed by atoms with Crippen LogP contribution in [0.1, 0.15) is 25.7 Å². The molecule has 0 aromatic heterocycles. The lowest BCUT2D eigenvalue weighted by atomic mass is 9.72. The molecule has 2 aliphatic heterocycles. The van der Waals surface area contributed by atoms with Gasteiger partial charge < -0.3 is 10.0 Å². The first kappa shape index (κ1) is 15.3. The Morgan fingerprint density at radius 3 is 3.00 bits per heavy atom. The molecule has 2 unspecified atom stereocenters. The standard InChI is InChI=1S/C15H20ClNO3S/c1-17-12-11(7-8-16)9-21(20)15(12,14(17)19)13(18)10-5-3-2-4-6-10/h3,5,9-10,12-13,18H,2,4,6-8H2,1H3/t10?,12-,13-,15-,21?/m0/s1. The predicted octanol–water partition coefficient (Wildman–Crippen LogP) is 1.56. The van der Waals surface area contributed by atoms with Crippen LogP contribution in [0.3, 0.4) is 0 Å². The number of amides is 1. The second kappa shape index (κ2) is 5.52. The lowest BCUT2D eigenvalue weighted by Gasteiger charge is -2.54. The first-order valence-electron chi connectivity index (χ1n) is 7.34. The molecule has 1 aliphatic carbocycles. The number of halogens is 1. The maximum atomic E-state index is 12.6. The smallest absolute Gasteiger partial charge is 0.247 e. The molecule has 0 saturated carbocycles. The Labute approximate surface area is 132 Å². The fourth-order valence-corrected chi connectivity index (χ4v) is 6.08. The molecule has 0 aromatic carbocycles. The summed E-state index contributed by atoms with van der Waals surface area (Å²) < 4.78 is 11.5. The van der Waals surface area contributed by atoms with Crippen molar-refractivity contribution in [3.05, 3.63) is 23.1 Å². The third kappa shape index (κ3) is 1.97. The molecule has 1 N–H and O–H groups in total. The average molecular weight is 330 g/mol. The molecule has 3 rings (SSSR count). The Kier molecular flexibility index (Phi) is 4.01. The molecule has 3 aliphatic rings. The molecule has 4 nitrogen and oxygen atoms in total. The van der Waals surface area contributed by atoms with E-state index in [1.165, 1.54) is 0 Å². The highest BCUT2D eigenvalue weighted by Crippen LogP contribution is 2.50. The maximum Gasteiger partial charge on any atom is 0.247 e. The minimum absolute atomic E-state index is 0.0911. The lowest BCUT2D eigenvalue weighted by Crippen LogP contribution is -2.77. The van der Waals surface area contributed by atoms with Crippen LogP contribution in [0.4, 0.5) is 0 Å². The number of fused-ring (bicyclic) bond motifs is 1. The lowest BCUT2D eigenvalue weighted by molar-refractivity contribution is -0.155. The minimum Gasteiger partial charge on any atom is -0.390 e. The van der Waals surface area contributed by atoms with Gasteiger partial charge >= 0.3 is 0 Å². The van der Waals surface area contributed by atoms with Crippen LogP contribution in [0.5, 0.6) is 0 Å². The number of hydrogen-bond donors (Lipinski definition) is 1. The van der Waals surface area contributed by atoms with Crippen LogP contribution < -0.4 is 0 Å². The van der Waals surface area contributed by atoms with Crippen molar-refractivity contribution < 1.29 is 14.1 Å². The molecule has 116 valence electrons. The van der Waals surface area contributed by atoms with E-state index in [0.717, 1.165) is 24.8 Å². The van der Waals surface area contributed by atoms with Crippen molar-refractivity contribution in [3.63, 3.8) is 0 Å². The highest BCUT2D eigenvalue weighted by Gasteiger charge is 2.71. The van der Waals surface area contributed by atoms with Gasteiger partial charge in [0, 0.05) is 24.3 Å². The van der Waals surface area contributed by atoms with Crippen molar-refractivity contribution in [1.82, 2.24) is 4.90 Å². The van der Waals surface area contributed by atoms with Crippen molar-refractivity contribution in [2.75, 3.05) is 12.9 Å². The van der Waals surface area contributed by atoms with Gasteiger partial charge in [-0.15, -0.1) is 11.6 Å². The summed E-state index contributed by atoms with van der Waals surface area (Å²) in [6, 6.07) is -0.269. The molecule has 1 fully saturated rings. The largest absolute Gasteiger partial charge is 0.390 e. The Balaban J connectivity index is 1.94.